The van der Waals surface area contributed by atoms with Crippen LogP contribution in [0.3, 0.4) is 0 Å². The van der Waals surface area contributed by atoms with Crippen LogP contribution in [-0.2, 0) is 0 Å². The maximum atomic E-state index is 4.52. The zero-order valence-electron chi connectivity index (χ0n) is 12.2. The Balaban J connectivity index is 2.21. The third kappa shape index (κ3) is 3.90. The average Bonchev–Trinajstić information content (AvgIpc) is 2.36. The van der Waals surface area contributed by atoms with E-state index in [4.69, 9.17) is 0 Å². The quantitative estimate of drug-likeness (QED) is 0.893. The van der Waals surface area contributed by atoms with Crippen molar-refractivity contribution in [1.29, 1.82) is 0 Å². The van der Waals surface area contributed by atoms with Crippen LogP contribution in [0.4, 0.5) is 0 Å². The number of pyridine rings is 1. The first-order valence-electron chi connectivity index (χ1n) is 6.82. The van der Waals surface area contributed by atoms with Gasteiger partial charge in [-0.25, -0.2) is 0 Å². The molecule has 0 atom stereocenters. The Bertz CT molecular complexity index is 597. The van der Waals surface area contributed by atoms with E-state index in [-0.39, 0.29) is 0 Å². The lowest BCUT2D eigenvalue weighted by Crippen LogP contribution is -2.24. The zero-order chi connectivity index (χ0) is 13.8. The van der Waals surface area contributed by atoms with Crippen LogP contribution in [0.15, 0.2) is 35.9 Å². The molecule has 0 radical (unpaired) electrons. The van der Waals surface area contributed by atoms with Gasteiger partial charge in [0, 0.05) is 23.7 Å². The number of nitrogens with zero attached hydrogens (tertiary/aromatic N) is 1. The van der Waals surface area contributed by atoms with Crippen molar-refractivity contribution < 1.29 is 0 Å². The van der Waals surface area contributed by atoms with Crippen molar-refractivity contribution in [2.75, 3.05) is 6.54 Å². The van der Waals surface area contributed by atoms with Crippen molar-refractivity contribution in [3.63, 3.8) is 0 Å². The van der Waals surface area contributed by atoms with Gasteiger partial charge in [0.25, 0.3) is 0 Å². The summed E-state index contributed by atoms with van der Waals surface area (Å²) in [6.07, 6.45) is 2.23. The molecule has 0 fully saturated rings. The lowest BCUT2D eigenvalue weighted by Gasteiger charge is -2.08. The fourth-order valence-corrected chi connectivity index (χ4v) is 2.04. The van der Waals surface area contributed by atoms with E-state index >= 15 is 0 Å². The lowest BCUT2D eigenvalue weighted by atomic mass is 10.1. The third-order valence-corrected chi connectivity index (χ3v) is 3.05. The van der Waals surface area contributed by atoms with Gasteiger partial charge in [0.2, 0.25) is 0 Å². The zero-order valence-corrected chi connectivity index (χ0v) is 12.2. The lowest BCUT2D eigenvalue weighted by molar-refractivity contribution is 0.623. The van der Waals surface area contributed by atoms with E-state index in [0.29, 0.717) is 6.04 Å². The van der Waals surface area contributed by atoms with Crippen LogP contribution in [0.25, 0.3) is 17.0 Å². The predicted octanol–water partition coefficient (Wildman–Crippen LogP) is 3.94. The second kappa shape index (κ2) is 5.98. The number of hydrogen-bond donors (Lipinski definition) is 1. The molecule has 0 aliphatic heterocycles. The summed E-state index contributed by atoms with van der Waals surface area (Å²) in [5, 5.41) is 4.63. The molecule has 0 saturated heterocycles. The molecule has 100 valence electrons. The summed E-state index contributed by atoms with van der Waals surface area (Å²) in [6.45, 7) is 9.44. The number of nitrogens with one attached hydrogen (secondary N) is 1. The highest BCUT2D eigenvalue weighted by Gasteiger charge is 1.98. The van der Waals surface area contributed by atoms with Gasteiger partial charge in [0.1, 0.15) is 0 Å². The first-order chi connectivity index (χ1) is 9.04. The van der Waals surface area contributed by atoms with Gasteiger partial charge in [0.05, 0.1) is 5.52 Å². The van der Waals surface area contributed by atoms with E-state index in [1.807, 2.05) is 6.92 Å². The molecule has 0 spiro atoms. The molecular weight excluding hydrogens is 232 g/mol. The normalized spacial score (nSPS) is 12.4. The summed E-state index contributed by atoms with van der Waals surface area (Å²) in [5.41, 5.74) is 4.71. The molecule has 1 aromatic heterocycles. The van der Waals surface area contributed by atoms with E-state index in [2.05, 4.69) is 67.5 Å². The molecule has 1 aromatic carbocycles. The Morgan fingerprint density at radius 2 is 2.05 bits per heavy atom. The second-order valence-corrected chi connectivity index (χ2v) is 5.43. The van der Waals surface area contributed by atoms with Crippen LogP contribution in [0, 0.1) is 6.92 Å². The van der Waals surface area contributed by atoms with Crippen LogP contribution in [-0.4, -0.2) is 17.6 Å². The van der Waals surface area contributed by atoms with Crippen molar-refractivity contribution in [1.82, 2.24) is 10.3 Å². The summed E-state index contributed by atoms with van der Waals surface area (Å²) in [5.74, 6) is 0. The first-order valence-corrected chi connectivity index (χ1v) is 6.82. The average molecular weight is 254 g/mol. The van der Waals surface area contributed by atoms with Crippen LogP contribution < -0.4 is 5.32 Å². The van der Waals surface area contributed by atoms with Gasteiger partial charge in [-0.1, -0.05) is 37.6 Å². The summed E-state index contributed by atoms with van der Waals surface area (Å²) in [6, 6.07) is 11.1. The van der Waals surface area contributed by atoms with Crippen LogP contribution in [0.1, 0.15) is 32.0 Å². The Morgan fingerprint density at radius 3 is 2.79 bits per heavy atom. The van der Waals surface area contributed by atoms with Crippen molar-refractivity contribution in [2.24, 2.45) is 0 Å². The van der Waals surface area contributed by atoms with Gasteiger partial charge in [-0.2, -0.15) is 0 Å². The van der Waals surface area contributed by atoms with Crippen molar-refractivity contribution in [3.05, 3.63) is 47.2 Å². The number of hydrogen-bond acceptors (Lipinski definition) is 2. The monoisotopic (exact) mass is 254 g/mol. The van der Waals surface area contributed by atoms with Gasteiger partial charge in [0.15, 0.2) is 0 Å². The molecule has 2 aromatic rings. The standard InChI is InChI=1S/C17H22N2/c1-12(2)18-11-13(3)9-15-6-8-17-16(10-15)7-5-14(4)19-17/h5-10,12,18H,11H2,1-4H3/b13-9+. The predicted molar refractivity (Wildman–Crippen MR) is 83.3 cm³/mol. The van der Waals surface area contributed by atoms with Gasteiger partial charge in [-0.05, 0) is 37.6 Å². The molecule has 2 rings (SSSR count). The van der Waals surface area contributed by atoms with E-state index in [1.165, 1.54) is 16.5 Å². The number of fused-ring (bicyclic) bond motifs is 1. The van der Waals surface area contributed by atoms with E-state index in [9.17, 15) is 0 Å². The first kappa shape index (κ1) is 13.8. The molecule has 19 heavy (non-hydrogen) atoms. The minimum absolute atomic E-state index is 0.520. The van der Waals surface area contributed by atoms with Crippen LogP contribution in [0.2, 0.25) is 0 Å². The third-order valence-electron chi connectivity index (χ3n) is 3.05. The fraction of sp³-hybridized carbons (Fsp3) is 0.353. The molecule has 2 heteroatoms. The van der Waals surface area contributed by atoms with Crippen LogP contribution >= 0.6 is 0 Å². The Kier molecular flexibility index (Phi) is 4.33. The van der Waals surface area contributed by atoms with E-state index in [1.54, 1.807) is 0 Å². The van der Waals surface area contributed by atoms with Crippen molar-refractivity contribution in [2.45, 2.75) is 33.7 Å². The van der Waals surface area contributed by atoms with Gasteiger partial charge in [-0.15, -0.1) is 0 Å². The SMILES string of the molecule is C/C(=C\c1ccc2nc(C)ccc2c1)CNC(C)C. The highest BCUT2D eigenvalue weighted by Crippen LogP contribution is 2.16. The summed E-state index contributed by atoms with van der Waals surface area (Å²) in [7, 11) is 0. The molecule has 0 bridgehead atoms. The van der Waals surface area contributed by atoms with Gasteiger partial charge < -0.3 is 5.32 Å². The molecule has 0 aliphatic rings. The molecule has 1 N–H and O–H groups in total. The minimum atomic E-state index is 0.520. The molecule has 0 amide bonds. The molecule has 0 unspecified atom stereocenters. The molecule has 0 aliphatic carbocycles. The maximum absolute atomic E-state index is 4.52. The molecular formula is C17H22N2. The summed E-state index contributed by atoms with van der Waals surface area (Å²) < 4.78 is 0. The van der Waals surface area contributed by atoms with Crippen LogP contribution in [0.5, 0.6) is 0 Å². The fourth-order valence-electron chi connectivity index (χ4n) is 2.04. The van der Waals surface area contributed by atoms with Gasteiger partial charge >= 0.3 is 0 Å². The van der Waals surface area contributed by atoms with Gasteiger partial charge in [-0.3, -0.25) is 4.98 Å². The smallest absolute Gasteiger partial charge is 0.0705 e. The van der Waals surface area contributed by atoms with Crippen molar-refractivity contribution in [3.8, 4) is 0 Å². The topological polar surface area (TPSA) is 24.9 Å². The molecule has 1 heterocycles. The van der Waals surface area contributed by atoms with E-state index < -0.39 is 0 Å². The number of rotatable bonds is 4. The Labute approximate surface area is 115 Å². The highest BCUT2D eigenvalue weighted by atomic mass is 14.9. The summed E-state index contributed by atoms with van der Waals surface area (Å²) >= 11 is 0. The van der Waals surface area contributed by atoms with E-state index in [0.717, 1.165) is 17.8 Å². The minimum Gasteiger partial charge on any atom is -0.311 e. The maximum Gasteiger partial charge on any atom is 0.0705 e. The summed E-state index contributed by atoms with van der Waals surface area (Å²) in [4.78, 5) is 4.52. The largest absolute Gasteiger partial charge is 0.311 e. The number of aryl methyl sites for hydroxylation is 1. The Morgan fingerprint density at radius 1 is 1.26 bits per heavy atom. The number of aromatic nitrogens is 1. The molecule has 0 saturated carbocycles. The second-order valence-electron chi connectivity index (χ2n) is 5.43. The highest BCUT2D eigenvalue weighted by molar-refractivity contribution is 5.81. The Hall–Kier alpha value is -1.67. The van der Waals surface area contributed by atoms with Crippen molar-refractivity contribution >= 4 is 17.0 Å². The number of benzene rings is 1. The molecule has 2 nitrogen and oxygen atoms in total.